The van der Waals surface area contributed by atoms with Crippen LogP contribution in [0.5, 0.6) is 0 Å². The van der Waals surface area contributed by atoms with Crippen LogP contribution in [0.1, 0.15) is 37.4 Å². The van der Waals surface area contributed by atoms with Crippen LogP contribution in [0.4, 0.5) is 0 Å². The van der Waals surface area contributed by atoms with Gasteiger partial charge in [0.2, 0.25) is 5.91 Å². The average molecular weight is 408 g/mol. The summed E-state index contributed by atoms with van der Waals surface area (Å²) in [5.74, 6) is 0.510. The molecule has 1 aliphatic rings. The molecule has 1 unspecified atom stereocenters. The van der Waals surface area contributed by atoms with E-state index < -0.39 is 0 Å². The summed E-state index contributed by atoms with van der Waals surface area (Å²) in [4.78, 5) is 30.2. The molecule has 1 aromatic heterocycles. The zero-order chi connectivity index (χ0) is 20.4. The second-order valence-corrected chi connectivity index (χ2v) is 8.81. The topological polar surface area (TPSA) is 64.0 Å². The standard InChI is InChI=1S/C23H25N3O2S/c1-15(2)13-26-22(28)18-9-5-6-10-19(18)25-23(26)29-14-21(27)24-20-12-11-16-7-3-4-8-17(16)20/h3-10,15,20H,11-14H2,1-2H3,(H,24,27). The van der Waals surface area contributed by atoms with E-state index in [1.807, 2.05) is 30.3 Å². The zero-order valence-corrected chi connectivity index (χ0v) is 17.5. The van der Waals surface area contributed by atoms with Gasteiger partial charge in [0.15, 0.2) is 5.16 Å². The van der Waals surface area contributed by atoms with Crippen LogP contribution in [0, 0.1) is 5.92 Å². The molecule has 4 rings (SSSR count). The van der Waals surface area contributed by atoms with E-state index in [2.05, 4.69) is 36.3 Å². The number of carbonyl (C=O) groups is 1. The summed E-state index contributed by atoms with van der Waals surface area (Å²) in [7, 11) is 0. The molecule has 0 fully saturated rings. The van der Waals surface area contributed by atoms with Gasteiger partial charge in [-0.05, 0) is 42.0 Å². The Hall–Kier alpha value is -2.60. The normalized spacial score (nSPS) is 15.6. The second kappa shape index (κ2) is 8.41. The number of carbonyl (C=O) groups excluding carboxylic acids is 1. The molecule has 1 N–H and O–H groups in total. The van der Waals surface area contributed by atoms with Crippen molar-refractivity contribution in [3.05, 3.63) is 70.0 Å². The summed E-state index contributed by atoms with van der Waals surface area (Å²) in [5.41, 5.74) is 3.15. The Morgan fingerprint density at radius 2 is 1.97 bits per heavy atom. The third-order valence-electron chi connectivity index (χ3n) is 5.17. The van der Waals surface area contributed by atoms with Gasteiger partial charge in [-0.2, -0.15) is 0 Å². The molecule has 29 heavy (non-hydrogen) atoms. The Bertz CT molecular complexity index is 1110. The van der Waals surface area contributed by atoms with Gasteiger partial charge < -0.3 is 5.32 Å². The molecule has 1 heterocycles. The summed E-state index contributed by atoms with van der Waals surface area (Å²) in [5, 5.41) is 4.36. The number of hydrogen-bond acceptors (Lipinski definition) is 4. The van der Waals surface area contributed by atoms with Crippen molar-refractivity contribution in [3.63, 3.8) is 0 Å². The van der Waals surface area contributed by atoms with E-state index in [4.69, 9.17) is 0 Å². The highest BCUT2D eigenvalue weighted by Crippen LogP contribution is 2.30. The molecular weight excluding hydrogens is 382 g/mol. The first kappa shape index (κ1) is 19.7. The summed E-state index contributed by atoms with van der Waals surface area (Å²) >= 11 is 1.33. The van der Waals surface area contributed by atoms with E-state index in [1.54, 1.807) is 10.6 Å². The van der Waals surface area contributed by atoms with E-state index in [9.17, 15) is 9.59 Å². The fourth-order valence-corrected chi connectivity index (χ4v) is 4.68. The van der Waals surface area contributed by atoms with Crippen LogP contribution < -0.4 is 10.9 Å². The predicted molar refractivity (Wildman–Crippen MR) is 117 cm³/mol. The number of hydrogen-bond donors (Lipinski definition) is 1. The van der Waals surface area contributed by atoms with Gasteiger partial charge in [-0.1, -0.05) is 62.0 Å². The number of aryl methyl sites for hydroxylation is 1. The molecule has 5 nitrogen and oxygen atoms in total. The molecule has 0 aliphatic heterocycles. The van der Waals surface area contributed by atoms with Crippen LogP contribution in [0.15, 0.2) is 58.5 Å². The third-order valence-corrected chi connectivity index (χ3v) is 6.15. The van der Waals surface area contributed by atoms with Crippen molar-refractivity contribution in [2.75, 3.05) is 5.75 Å². The highest BCUT2D eigenvalue weighted by Gasteiger charge is 2.23. The summed E-state index contributed by atoms with van der Waals surface area (Å²) in [6.07, 6.45) is 1.93. The first-order valence-corrected chi connectivity index (χ1v) is 11.0. The number of rotatable bonds is 6. The first-order chi connectivity index (χ1) is 14.0. The highest BCUT2D eigenvalue weighted by molar-refractivity contribution is 7.99. The molecule has 0 radical (unpaired) electrons. The Balaban J connectivity index is 1.52. The SMILES string of the molecule is CC(C)Cn1c(SCC(=O)NC2CCc3ccccc32)nc2ccccc2c1=O. The maximum absolute atomic E-state index is 13.0. The third kappa shape index (κ3) is 4.22. The Morgan fingerprint density at radius 1 is 1.21 bits per heavy atom. The number of nitrogens with zero attached hydrogens (tertiary/aromatic N) is 2. The minimum atomic E-state index is -0.0445. The summed E-state index contributed by atoms with van der Waals surface area (Å²) < 4.78 is 1.70. The lowest BCUT2D eigenvalue weighted by atomic mass is 10.1. The minimum Gasteiger partial charge on any atom is -0.349 e. The monoisotopic (exact) mass is 407 g/mol. The van der Waals surface area contributed by atoms with E-state index >= 15 is 0 Å². The number of fused-ring (bicyclic) bond motifs is 2. The fourth-order valence-electron chi connectivity index (χ4n) is 3.86. The Kier molecular flexibility index (Phi) is 5.72. The van der Waals surface area contributed by atoms with Crippen molar-refractivity contribution in [2.45, 2.75) is 44.4 Å². The van der Waals surface area contributed by atoms with Crippen molar-refractivity contribution in [1.82, 2.24) is 14.9 Å². The Morgan fingerprint density at radius 3 is 2.79 bits per heavy atom. The quantitative estimate of drug-likeness (QED) is 0.496. The lowest BCUT2D eigenvalue weighted by molar-refractivity contribution is -0.119. The highest BCUT2D eigenvalue weighted by atomic mass is 32.2. The van der Waals surface area contributed by atoms with Crippen LogP contribution in [-0.2, 0) is 17.8 Å². The molecule has 0 saturated carbocycles. The first-order valence-electron chi connectivity index (χ1n) is 10.0. The minimum absolute atomic E-state index is 0.0322. The predicted octanol–water partition coefficient (Wildman–Crippen LogP) is 3.95. The van der Waals surface area contributed by atoms with Crippen molar-refractivity contribution in [3.8, 4) is 0 Å². The lowest BCUT2D eigenvalue weighted by Crippen LogP contribution is -2.30. The molecule has 6 heteroatoms. The van der Waals surface area contributed by atoms with Crippen LogP contribution in [-0.4, -0.2) is 21.2 Å². The Labute approximate surface area is 174 Å². The molecule has 0 spiro atoms. The summed E-state index contributed by atoms with van der Waals surface area (Å²) in [6, 6.07) is 15.7. The van der Waals surface area contributed by atoms with Crippen molar-refractivity contribution in [2.24, 2.45) is 5.92 Å². The maximum Gasteiger partial charge on any atom is 0.262 e. The van der Waals surface area contributed by atoms with Gasteiger partial charge in [-0.15, -0.1) is 0 Å². The zero-order valence-electron chi connectivity index (χ0n) is 16.7. The second-order valence-electron chi connectivity index (χ2n) is 7.87. The molecule has 1 amide bonds. The van der Waals surface area contributed by atoms with E-state index in [0.717, 1.165) is 12.8 Å². The van der Waals surface area contributed by atoms with Crippen molar-refractivity contribution in [1.29, 1.82) is 0 Å². The average Bonchev–Trinajstić information content (AvgIpc) is 3.11. The molecule has 0 bridgehead atoms. The van der Waals surface area contributed by atoms with Crippen LogP contribution in [0.3, 0.4) is 0 Å². The molecule has 3 aromatic rings. The molecule has 0 saturated heterocycles. The van der Waals surface area contributed by atoms with Gasteiger partial charge in [0, 0.05) is 6.54 Å². The molecule has 2 aromatic carbocycles. The largest absolute Gasteiger partial charge is 0.349 e. The van der Waals surface area contributed by atoms with Gasteiger partial charge in [-0.25, -0.2) is 4.98 Å². The van der Waals surface area contributed by atoms with E-state index in [0.29, 0.717) is 28.5 Å². The number of para-hydroxylation sites is 1. The van der Waals surface area contributed by atoms with Crippen molar-refractivity contribution < 1.29 is 4.79 Å². The van der Waals surface area contributed by atoms with Gasteiger partial charge in [0.05, 0.1) is 22.7 Å². The number of aromatic nitrogens is 2. The van der Waals surface area contributed by atoms with Crippen molar-refractivity contribution >= 4 is 28.6 Å². The number of benzene rings is 2. The lowest BCUT2D eigenvalue weighted by Gasteiger charge is -2.16. The number of thioether (sulfide) groups is 1. The van der Waals surface area contributed by atoms with E-state index in [1.165, 1.54) is 22.9 Å². The molecular formula is C23H25N3O2S. The molecule has 1 aliphatic carbocycles. The number of nitrogens with one attached hydrogen (secondary N) is 1. The number of amides is 1. The van der Waals surface area contributed by atoms with Crippen LogP contribution in [0.2, 0.25) is 0 Å². The van der Waals surface area contributed by atoms with Crippen LogP contribution >= 0.6 is 11.8 Å². The smallest absolute Gasteiger partial charge is 0.262 e. The molecule has 150 valence electrons. The summed E-state index contributed by atoms with van der Waals surface area (Å²) in [6.45, 7) is 4.72. The fraction of sp³-hybridized carbons (Fsp3) is 0.348. The van der Waals surface area contributed by atoms with Crippen LogP contribution in [0.25, 0.3) is 10.9 Å². The van der Waals surface area contributed by atoms with Gasteiger partial charge >= 0.3 is 0 Å². The van der Waals surface area contributed by atoms with Gasteiger partial charge in [0.25, 0.3) is 5.56 Å². The maximum atomic E-state index is 13.0. The van der Waals surface area contributed by atoms with E-state index in [-0.39, 0.29) is 23.3 Å². The van der Waals surface area contributed by atoms with Gasteiger partial charge in [0.1, 0.15) is 0 Å². The van der Waals surface area contributed by atoms with Gasteiger partial charge in [-0.3, -0.25) is 14.2 Å². The molecule has 1 atom stereocenters.